The highest BCUT2D eigenvalue weighted by atomic mass is 19.4. The number of aromatic nitrogens is 2. The number of hydrogen-bond donors (Lipinski definition) is 1. The molecule has 0 saturated carbocycles. The van der Waals surface area contributed by atoms with Crippen LogP contribution in [0.15, 0.2) is 53.1 Å². The van der Waals surface area contributed by atoms with E-state index < -0.39 is 29.5 Å². The number of hydrogen-bond acceptors (Lipinski definition) is 4. The van der Waals surface area contributed by atoms with Gasteiger partial charge in [-0.05, 0) is 36.2 Å². The Morgan fingerprint density at radius 3 is 2.47 bits per heavy atom. The van der Waals surface area contributed by atoms with Crippen molar-refractivity contribution in [3.8, 4) is 11.4 Å². The summed E-state index contributed by atoms with van der Waals surface area (Å²) in [5, 5.41) is 6.60. The third-order valence-electron chi connectivity index (χ3n) is 4.76. The molecule has 3 rings (SSSR count). The second kappa shape index (κ2) is 8.64. The van der Waals surface area contributed by atoms with Crippen LogP contribution < -0.4 is 5.32 Å². The van der Waals surface area contributed by atoms with Crippen molar-refractivity contribution in [2.24, 2.45) is 5.92 Å². The maximum atomic E-state index is 13.4. The normalized spacial score (nSPS) is 13.7. The topological polar surface area (TPSA) is 68.0 Å². The van der Waals surface area contributed by atoms with Crippen LogP contribution in [-0.2, 0) is 6.18 Å². The number of carbonyl (C=O) groups is 1. The maximum absolute atomic E-state index is 13.4. The summed E-state index contributed by atoms with van der Waals surface area (Å²) in [6.45, 7) is 3.79. The highest BCUT2D eigenvalue weighted by Gasteiger charge is 2.31. The van der Waals surface area contributed by atoms with Gasteiger partial charge >= 0.3 is 6.18 Å². The van der Waals surface area contributed by atoms with Crippen LogP contribution in [0.3, 0.4) is 0 Å². The zero-order chi connectivity index (χ0) is 21.9. The third-order valence-corrected chi connectivity index (χ3v) is 4.76. The molecule has 0 aliphatic carbocycles. The van der Waals surface area contributed by atoms with Gasteiger partial charge in [-0.1, -0.05) is 43.6 Å². The predicted molar refractivity (Wildman–Crippen MR) is 101 cm³/mol. The summed E-state index contributed by atoms with van der Waals surface area (Å²) >= 11 is 0. The molecule has 0 radical (unpaired) electrons. The lowest BCUT2D eigenvalue weighted by atomic mass is 9.98. The lowest BCUT2D eigenvalue weighted by Gasteiger charge is -2.20. The molecule has 5 nitrogen and oxygen atoms in total. The largest absolute Gasteiger partial charge is 0.416 e. The lowest BCUT2D eigenvalue weighted by Crippen LogP contribution is -2.32. The molecule has 3 aromatic rings. The summed E-state index contributed by atoms with van der Waals surface area (Å²) in [7, 11) is 0. The smallest absolute Gasteiger partial charge is 0.340 e. The van der Waals surface area contributed by atoms with Crippen molar-refractivity contribution in [2.45, 2.75) is 32.5 Å². The van der Waals surface area contributed by atoms with Crippen LogP contribution in [0.5, 0.6) is 0 Å². The average molecular weight is 421 g/mol. The molecular formula is C21H19F4N3O2. The van der Waals surface area contributed by atoms with Crippen LogP contribution in [-0.4, -0.2) is 16.0 Å². The Morgan fingerprint density at radius 2 is 1.87 bits per heavy atom. The van der Waals surface area contributed by atoms with Crippen LogP contribution in [0.4, 0.5) is 17.6 Å². The number of carbonyl (C=O) groups excluding carboxylic acids is 1. The quantitative estimate of drug-likeness (QED) is 0.541. The molecule has 0 bridgehead atoms. The van der Waals surface area contributed by atoms with Gasteiger partial charge in [0.25, 0.3) is 5.91 Å². The van der Waals surface area contributed by atoms with E-state index in [9.17, 15) is 22.4 Å². The molecule has 2 unspecified atom stereocenters. The van der Waals surface area contributed by atoms with Gasteiger partial charge in [0.1, 0.15) is 11.9 Å². The van der Waals surface area contributed by atoms with Gasteiger partial charge in [-0.25, -0.2) is 4.39 Å². The van der Waals surface area contributed by atoms with Crippen LogP contribution in [0.2, 0.25) is 0 Å². The van der Waals surface area contributed by atoms with Gasteiger partial charge < -0.3 is 9.84 Å². The van der Waals surface area contributed by atoms with E-state index in [0.29, 0.717) is 12.0 Å². The number of benzene rings is 2. The summed E-state index contributed by atoms with van der Waals surface area (Å²) < 4.78 is 56.9. The molecule has 9 heteroatoms. The minimum atomic E-state index is -4.44. The van der Waals surface area contributed by atoms with E-state index in [0.717, 1.165) is 18.2 Å². The van der Waals surface area contributed by atoms with Crippen molar-refractivity contribution < 1.29 is 26.9 Å². The van der Waals surface area contributed by atoms with Crippen LogP contribution in [0.1, 0.15) is 48.1 Å². The third kappa shape index (κ3) is 4.84. The van der Waals surface area contributed by atoms with Gasteiger partial charge in [-0.2, -0.15) is 18.2 Å². The first kappa shape index (κ1) is 21.5. The second-order valence-corrected chi connectivity index (χ2v) is 6.88. The first-order valence-corrected chi connectivity index (χ1v) is 9.26. The molecule has 1 N–H and O–H groups in total. The van der Waals surface area contributed by atoms with Gasteiger partial charge in [-0.15, -0.1) is 0 Å². The molecule has 158 valence electrons. The Labute approximate surface area is 170 Å². The van der Waals surface area contributed by atoms with Crippen molar-refractivity contribution in [3.63, 3.8) is 0 Å². The first-order valence-electron chi connectivity index (χ1n) is 9.26. The molecule has 2 aromatic carbocycles. The molecule has 0 aliphatic heterocycles. The highest BCUT2D eigenvalue weighted by molar-refractivity contribution is 5.94. The fourth-order valence-electron chi connectivity index (χ4n) is 2.82. The van der Waals surface area contributed by atoms with Gasteiger partial charge in [0.15, 0.2) is 0 Å². The van der Waals surface area contributed by atoms with Crippen molar-refractivity contribution in [2.75, 3.05) is 0 Å². The number of nitrogens with zero attached hydrogens (tertiary/aromatic N) is 2. The molecule has 30 heavy (non-hydrogen) atoms. The summed E-state index contributed by atoms with van der Waals surface area (Å²) in [4.78, 5) is 16.8. The van der Waals surface area contributed by atoms with Crippen molar-refractivity contribution in [3.05, 3.63) is 71.4 Å². The summed E-state index contributed by atoms with van der Waals surface area (Å²) in [6, 6.07) is 8.98. The Kier molecular flexibility index (Phi) is 6.19. The Balaban J connectivity index is 1.84. The van der Waals surface area contributed by atoms with Crippen molar-refractivity contribution in [1.82, 2.24) is 15.5 Å². The number of nitrogens with one attached hydrogen (secondary N) is 1. The zero-order valence-electron chi connectivity index (χ0n) is 16.2. The molecule has 2 atom stereocenters. The molecule has 1 amide bonds. The zero-order valence-corrected chi connectivity index (χ0v) is 16.2. The standard InChI is InChI=1S/C21H19F4N3O2/c1-3-12(2)17(26-19(29)14-5-4-6-16(22)11-14)20-27-18(28-30-20)13-7-9-15(10-8-13)21(23,24)25/h4-12,17H,3H2,1-2H3,(H,26,29). The van der Waals surface area contributed by atoms with Gasteiger partial charge in [0.2, 0.25) is 11.7 Å². The van der Waals surface area contributed by atoms with Crippen molar-refractivity contribution in [1.29, 1.82) is 0 Å². The van der Waals surface area contributed by atoms with E-state index in [1.165, 1.54) is 30.3 Å². The van der Waals surface area contributed by atoms with Gasteiger partial charge in [-0.3, -0.25) is 4.79 Å². The van der Waals surface area contributed by atoms with Crippen LogP contribution >= 0.6 is 0 Å². The monoisotopic (exact) mass is 421 g/mol. The molecule has 0 saturated heterocycles. The van der Waals surface area contributed by atoms with E-state index in [2.05, 4.69) is 15.5 Å². The molecular weight excluding hydrogens is 402 g/mol. The minimum Gasteiger partial charge on any atom is -0.340 e. The Bertz CT molecular complexity index is 1020. The van der Waals surface area contributed by atoms with E-state index in [1.54, 1.807) is 0 Å². The number of amides is 1. The molecule has 1 aromatic heterocycles. The molecule has 1 heterocycles. The maximum Gasteiger partial charge on any atom is 0.416 e. The molecule has 0 aliphatic rings. The highest BCUT2D eigenvalue weighted by Crippen LogP contribution is 2.31. The van der Waals surface area contributed by atoms with Crippen molar-refractivity contribution >= 4 is 5.91 Å². The first-order chi connectivity index (χ1) is 14.2. The minimum absolute atomic E-state index is 0.0941. The SMILES string of the molecule is CCC(C)C(NC(=O)c1cccc(F)c1)c1nc(-c2ccc(C(F)(F)F)cc2)no1. The number of rotatable bonds is 6. The summed E-state index contributed by atoms with van der Waals surface area (Å²) in [5.74, 6) is -0.918. The van der Waals surface area contributed by atoms with E-state index in [4.69, 9.17) is 4.52 Å². The predicted octanol–water partition coefficient (Wildman–Crippen LogP) is 5.41. The fourth-order valence-corrected chi connectivity index (χ4v) is 2.82. The summed E-state index contributed by atoms with van der Waals surface area (Å²) in [5.41, 5.74) is -0.294. The van der Waals surface area contributed by atoms with Gasteiger partial charge in [0, 0.05) is 11.1 Å². The van der Waals surface area contributed by atoms with E-state index in [1.807, 2.05) is 13.8 Å². The number of halogens is 4. The molecule has 0 spiro atoms. The average Bonchev–Trinajstić information content (AvgIpc) is 3.20. The second-order valence-electron chi connectivity index (χ2n) is 6.88. The van der Waals surface area contributed by atoms with Crippen LogP contribution in [0, 0.1) is 11.7 Å². The van der Waals surface area contributed by atoms with Crippen LogP contribution in [0.25, 0.3) is 11.4 Å². The van der Waals surface area contributed by atoms with E-state index in [-0.39, 0.29) is 23.2 Å². The lowest BCUT2D eigenvalue weighted by molar-refractivity contribution is -0.137. The fraction of sp³-hybridized carbons (Fsp3) is 0.286. The Morgan fingerprint density at radius 1 is 1.17 bits per heavy atom. The number of alkyl halides is 3. The Hall–Kier alpha value is -3.23. The molecule has 0 fully saturated rings. The summed E-state index contributed by atoms with van der Waals surface area (Å²) in [6.07, 6.45) is -3.77. The van der Waals surface area contributed by atoms with E-state index >= 15 is 0 Å². The van der Waals surface area contributed by atoms with Gasteiger partial charge in [0.05, 0.1) is 5.56 Å².